The third-order valence-electron chi connectivity index (χ3n) is 5.45. The van der Waals surface area contributed by atoms with Gasteiger partial charge in [-0.2, -0.15) is 0 Å². The maximum atomic E-state index is 12.4. The van der Waals surface area contributed by atoms with Crippen molar-refractivity contribution in [2.24, 2.45) is 11.8 Å². The highest BCUT2D eigenvalue weighted by molar-refractivity contribution is 6.05. The number of imide groups is 1. The number of carbonyl (C=O) groups is 3. The van der Waals surface area contributed by atoms with E-state index >= 15 is 0 Å². The van der Waals surface area contributed by atoms with Crippen molar-refractivity contribution in [3.63, 3.8) is 0 Å². The topological polar surface area (TPSA) is 98.0 Å². The number of pyridine rings is 1. The highest BCUT2D eigenvalue weighted by atomic mass is 16.5. The van der Waals surface area contributed by atoms with E-state index in [1.807, 2.05) is 25.1 Å². The molecule has 2 amide bonds. The third-order valence-corrected chi connectivity index (χ3v) is 5.45. The van der Waals surface area contributed by atoms with Gasteiger partial charge in [-0.05, 0) is 31.9 Å². The van der Waals surface area contributed by atoms with E-state index in [2.05, 4.69) is 4.98 Å². The van der Waals surface area contributed by atoms with Gasteiger partial charge in [0.1, 0.15) is 12.3 Å². The van der Waals surface area contributed by atoms with Gasteiger partial charge in [0.15, 0.2) is 0 Å². The molecule has 0 spiro atoms. The summed E-state index contributed by atoms with van der Waals surface area (Å²) in [5.74, 6) is -1.58. The van der Waals surface area contributed by atoms with Crippen molar-refractivity contribution < 1.29 is 19.1 Å². The number of aromatic nitrogens is 2. The zero-order valence-corrected chi connectivity index (χ0v) is 16.0. The van der Waals surface area contributed by atoms with Crippen LogP contribution in [0.25, 0.3) is 5.65 Å². The number of ether oxygens (including phenoxy) is 1. The van der Waals surface area contributed by atoms with Crippen LogP contribution in [0.15, 0.2) is 41.2 Å². The van der Waals surface area contributed by atoms with Crippen LogP contribution in [0.3, 0.4) is 0 Å². The number of fused-ring (bicyclic) bond motifs is 2. The maximum absolute atomic E-state index is 12.4. The van der Waals surface area contributed by atoms with Gasteiger partial charge in [-0.15, -0.1) is 0 Å². The first-order chi connectivity index (χ1) is 14.0. The van der Waals surface area contributed by atoms with Gasteiger partial charge in [-0.1, -0.05) is 18.2 Å². The zero-order chi connectivity index (χ0) is 20.5. The Morgan fingerprint density at radius 3 is 2.52 bits per heavy atom. The maximum Gasteiger partial charge on any atom is 0.307 e. The third kappa shape index (κ3) is 3.57. The second kappa shape index (κ2) is 7.62. The van der Waals surface area contributed by atoms with Gasteiger partial charge in [0.05, 0.1) is 24.0 Å². The summed E-state index contributed by atoms with van der Waals surface area (Å²) >= 11 is 0. The normalized spacial score (nSPS) is 20.9. The van der Waals surface area contributed by atoms with Crippen molar-refractivity contribution >= 4 is 23.4 Å². The summed E-state index contributed by atoms with van der Waals surface area (Å²) in [6, 6.07) is 6.64. The Balaban J connectivity index is 1.35. The molecule has 4 rings (SSSR count). The molecule has 8 nitrogen and oxygen atoms in total. The van der Waals surface area contributed by atoms with E-state index in [0.29, 0.717) is 24.2 Å². The fourth-order valence-electron chi connectivity index (χ4n) is 3.96. The van der Waals surface area contributed by atoms with Crippen molar-refractivity contribution in [1.29, 1.82) is 0 Å². The van der Waals surface area contributed by atoms with E-state index in [0.717, 1.165) is 5.69 Å². The van der Waals surface area contributed by atoms with Crippen molar-refractivity contribution in [1.82, 2.24) is 14.3 Å². The molecule has 150 valence electrons. The van der Waals surface area contributed by atoms with Crippen LogP contribution < -0.4 is 5.56 Å². The lowest BCUT2D eigenvalue weighted by Gasteiger charge is -2.14. The Labute approximate surface area is 166 Å². The van der Waals surface area contributed by atoms with Crippen LogP contribution in [0.2, 0.25) is 0 Å². The summed E-state index contributed by atoms with van der Waals surface area (Å²) in [5, 5.41) is 0. The molecule has 0 N–H and O–H groups in total. The number of aryl methyl sites for hydroxylation is 1. The molecular weight excluding hydrogens is 374 g/mol. The van der Waals surface area contributed by atoms with Gasteiger partial charge < -0.3 is 4.74 Å². The molecule has 0 aromatic carbocycles. The quantitative estimate of drug-likeness (QED) is 0.431. The van der Waals surface area contributed by atoms with E-state index in [4.69, 9.17) is 4.74 Å². The Kier molecular flexibility index (Phi) is 5.00. The first kappa shape index (κ1) is 19.0. The second-order valence-corrected chi connectivity index (χ2v) is 7.34. The minimum absolute atomic E-state index is 0.0104. The fraction of sp³-hybridized carbons (Fsp3) is 0.381. The fourth-order valence-corrected chi connectivity index (χ4v) is 3.96. The largest absolute Gasteiger partial charge is 0.459 e. The lowest BCUT2D eigenvalue weighted by Crippen LogP contribution is -2.33. The van der Waals surface area contributed by atoms with Crippen LogP contribution >= 0.6 is 0 Å². The SMILES string of the molecule is Cc1cccc2nc(COC(=O)CCN3C(=O)[C@H]4CC=CC[C@H]4C3=O)cc(=O)n12. The lowest BCUT2D eigenvalue weighted by atomic mass is 9.85. The molecule has 29 heavy (non-hydrogen) atoms. The molecule has 0 bridgehead atoms. The molecule has 3 heterocycles. The number of hydrogen-bond donors (Lipinski definition) is 0. The molecule has 0 saturated carbocycles. The van der Waals surface area contributed by atoms with E-state index in [1.54, 1.807) is 12.1 Å². The highest BCUT2D eigenvalue weighted by Gasteiger charge is 2.46. The monoisotopic (exact) mass is 395 g/mol. The van der Waals surface area contributed by atoms with Crippen LogP contribution in [0.1, 0.15) is 30.7 Å². The van der Waals surface area contributed by atoms with Gasteiger partial charge in [-0.3, -0.25) is 28.5 Å². The number of esters is 1. The van der Waals surface area contributed by atoms with Gasteiger partial charge in [0.2, 0.25) is 11.8 Å². The molecule has 2 aromatic heterocycles. The van der Waals surface area contributed by atoms with Gasteiger partial charge in [-0.25, -0.2) is 4.98 Å². The standard InChI is InChI=1S/C21H21N3O5/c1-13-5-4-8-17-22-14(11-18(25)24(13)17)12-29-19(26)9-10-23-20(27)15-6-2-3-7-16(15)21(23)28/h2-5,8,11,15-16H,6-7,9-10,12H2,1H3/t15-,16+. The summed E-state index contributed by atoms with van der Waals surface area (Å²) in [6.45, 7) is 1.68. The minimum atomic E-state index is -0.551. The Hall–Kier alpha value is -3.29. The number of rotatable bonds is 5. The second-order valence-electron chi connectivity index (χ2n) is 7.34. The molecule has 1 aliphatic heterocycles. The first-order valence-electron chi connectivity index (χ1n) is 9.60. The summed E-state index contributed by atoms with van der Waals surface area (Å²) in [4.78, 5) is 54.7. The van der Waals surface area contributed by atoms with E-state index in [1.165, 1.54) is 15.4 Å². The summed E-state index contributed by atoms with van der Waals surface area (Å²) in [7, 11) is 0. The predicted molar refractivity (Wildman–Crippen MR) is 103 cm³/mol. The molecular formula is C21H21N3O5. The summed E-state index contributed by atoms with van der Waals surface area (Å²) in [5.41, 5.74) is 1.34. The Bertz CT molecular complexity index is 1060. The molecule has 2 aromatic rings. The van der Waals surface area contributed by atoms with Crippen LogP contribution in [-0.4, -0.2) is 38.6 Å². The molecule has 2 atom stereocenters. The van der Waals surface area contributed by atoms with Crippen molar-refractivity contribution in [3.05, 3.63) is 58.2 Å². The number of hydrogen-bond acceptors (Lipinski definition) is 6. The molecule has 8 heteroatoms. The van der Waals surface area contributed by atoms with Crippen molar-refractivity contribution in [2.45, 2.75) is 32.8 Å². The Morgan fingerprint density at radius 2 is 1.83 bits per heavy atom. The van der Waals surface area contributed by atoms with Gasteiger partial charge in [0, 0.05) is 18.3 Å². The van der Waals surface area contributed by atoms with E-state index in [9.17, 15) is 19.2 Å². The van der Waals surface area contributed by atoms with Gasteiger partial charge >= 0.3 is 5.97 Å². The predicted octanol–water partition coefficient (Wildman–Crippen LogP) is 1.39. The van der Waals surface area contributed by atoms with Gasteiger partial charge in [0.25, 0.3) is 5.56 Å². The van der Waals surface area contributed by atoms with E-state index < -0.39 is 5.97 Å². The molecule has 0 unspecified atom stereocenters. The Morgan fingerprint density at radius 1 is 1.14 bits per heavy atom. The molecule has 2 aliphatic rings. The van der Waals surface area contributed by atoms with Crippen LogP contribution in [0.5, 0.6) is 0 Å². The zero-order valence-electron chi connectivity index (χ0n) is 16.0. The molecule has 1 aliphatic carbocycles. The number of allylic oxidation sites excluding steroid dienone is 2. The van der Waals surface area contributed by atoms with E-state index in [-0.39, 0.29) is 48.8 Å². The average Bonchev–Trinajstić information content (AvgIpc) is 2.95. The highest BCUT2D eigenvalue weighted by Crippen LogP contribution is 2.35. The smallest absolute Gasteiger partial charge is 0.307 e. The van der Waals surface area contributed by atoms with Crippen LogP contribution in [0, 0.1) is 18.8 Å². The lowest BCUT2D eigenvalue weighted by molar-refractivity contribution is -0.146. The number of carbonyl (C=O) groups excluding carboxylic acids is 3. The minimum Gasteiger partial charge on any atom is -0.459 e. The van der Waals surface area contributed by atoms with Crippen molar-refractivity contribution in [3.8, 4) is 0 Å². The number of likely N-dealkylation sites (tertiary alicyclic amines) is 1. The van der Waals surface area contributed by atoms with Crippen molar-refractivity contribution in [2.75, 3.05) is 6.54 Å². The average molecular weight is 395 g/mol. The molecule has 0 radical (unpaired) electrons. The molecule has 1 fully saturated rings. The summed E-state index contributed by atoms with van der Waals surface area (Å²) < 4.78 is 6.68. The molecule has 1 saturated heterocycles. The first-order valence-corrected chi connectivity index (χ1v) is 9.60. The van der Waals surface area contributed by atoms with Crippen LogP contribution in [0.4, 0.5) is 0 Å². The van der Waals surface area contributed by atoms with Crippen LogP contribution in [-0.2, 0) is 25.7 Å². The number of nitrogens with zero attached hydrogens (tertiary/aromatic N) is 3. The number of amides is 2. The summed E-state index contributed by atoms with van der Waals surface area (Å²) in [6.07, 6.45) is 4.89.